The van der Waals surface area contributed by atoms with Gasteiger partial charge in [-0.15, -0.1) is 0 Å². The first kappa shape index (κ1) is 15.4. The van der Waals surface area contributed by atoms with Gasteiger partial charge in [-0.05, 0) is 47.2 Å². The Kier molecular flexibility index (Phi) is 3.87. The van der Waals surface area contributed by atoms with E-state index in [4.69, 9.17) is 0 Å². The minimum atomic E-state index is -3.55. The first-order chi connectivity index (χ1) is 11.6. The van der Waals surface area contributed by atoms with Crippen molar-refractivity contribution in [2.24, 2.45) is 5.92 Å². The van der Waals surface area contributed by atoms with Crippen molar-refractivity contribution in [2.45, 2.75) is 23.8 Å². The summed E-state index contributed by atoms with van der Waals surface area (Å²) in [7, 11) is -3.55. The average molecular weight is 337 g/mol. The highest BCUT2D eigenvalue weighted by atomic mass is 32.2. The molecular weight excluding hydrogens is 318 g/mol. The molecule has 0 aromatic heterocycles. The molecule has 0 heterocycles. The second kappa shape index (κ2) is 6.04. The van der Waals surface area contributed by atoms with E-state index < -0.39 is 10.0 Å². The number of sulfonamides is 1. The van der Waals surface area contributed by atoms with Gasteiger partial charge in [0.15, 0.2) is 0 Å². The summed E-state index contributed by atoms with van der Waals surface area (Å²) in [6.07, 6.45) is 2.14. The van der Waals surface area contributed by atoms with Gasteiger partial charge in [-0.1, -0.05) is 60.7 Å². The highest BCUT2D eigenvalue weighted by Crippen LogP contribution is 2.41. The topological polar surface area (TPSA) is 46.2 Å². The Morgan fingerprint density at radius 1 is 0.833 bits per heavy atom. The zero-order valence-electron chi connectivity index (χ0n) is 13.2. The Hall–Kier alpha value is -2.17. The number of rotatable bonds is 5. The summed E-state index contributed by atoms with van der Waals surface area (Å²) in [5.41, 5.74) is 1.03. The fourth-order valence-electron chi connectivity index (χ4n) is 3.10. The van der Waals surface area contributed by atoms with E-state index in [1.807, 2.05) is 60.7 Å². The molecule has 0 bridgehead atoms. The summed E-state index contributed by atoms with van der Waals surface area (Å²) < 4.78 is 28.7. The summed E-state index contributed by atoms with van der Waals surface area (Å²) in [4.78, 5) is 0.322. The lowest BCUT2D eigenvalue weighted by molar-refractivity contribution is 0.529. The molecule has 1 N–H and O–H groups in total. The molecule has 4 heteroatoms. The zero-order valence-corrected chi connectivity index (χ0v) is 14.0. The van der Waals surface area contributed by atoms with Gasteiger partial charge in [0.05, 0.1) is 4.90 Å². The van der Waals surface area contributed by atoms with Gasteiger partial charge in [0, 0.05) is 6.04 Å². The molecule has 0 amide bonds. The fourth-order valence-corrected chi connectivity index (χ4v) is 4.42. The van der Waals surface area contributed by atoms with E-state index >= 15 is 0 Å². The van der Waals surface area contributed by atoms with E-state index in [1.54, 1.807) is 12.1 Å². The second-order valence-corrected chi connectivity index (χ2v) is 8.07. The summed E-state index contributed by atoms with van der Waals surface area (Å²) in [5, 5.41) is 1.97. The van der Waals surface area contributed by atoms with Gasteiger partial charge in [0.2, 0.25) is 10.0 Å². The Balaban J connectivity index is 1.68. The van der Waals surface area contributed by atoms with Gasteiger partial charge in [0.1, 0.15) is 0 Å². The van der Waals surface area contributed by atoms with Crippen LogP contribution >= 0.6 is 0 Å². The lowest BCUT2D eigenvalue weighted by Crippen LogP contribution is -2.30. The second-order valence-electron chi connectivity index (χ2n) is 6.36. The van der Waals surface area contributed by atoms with E-state index in [1.165, 1.54) is 0 Å². The number of hydrogen-bond donors (Lipinski definition) is 1. The largest absolute Gasteiger partial charge is 0.241 e. The highest BCUT2D eigenvalue weighted by molar-refractivity contribution is 7.89. The molecule has 0 radical (unpaired) electrons. The van der Waals surface area contributed by atoms with E-state index in [-0.39, 0.29) is 6.04 Å². The van der Waals surface area contributed by atoms with Crippen LogP contribution in [0.2, 0.25) is 0 Å². The molecule has 1 unspecified atom stereocenters. The molecule has 0 aliphatic heterocycles. The standard InChI is InChI=1S/C20H19NO2S/c22-24(23,19-13-12-15-6-4-5-9-18(15)14-19)21-20(17-10-11-17)16-7-2-1-3-8-16/h1-9,12-14,17,20-21H,10-11H2. The van der Waals surface area contributed by atoms with Crippen molar-refractivity contribution in [1.29, 1.82) is 0 Å². The summed E-state index contributed by atoms with van der Waals surface area (Å²) in [6, 6.07) is 22.8. The molecule has 24 heavy (non-hydrogen) atoms. The molecule has 1 saturated carbocycles. The van der Waals surface area contributed by atoms with Crippen LogP contribution in [0.5, 0.6) is 0 Å². The van der Waals surface area contributed by atoms with Crippen molar-refractivity contribution in [3.8, 4) is 0 Å². The molecule has 1 aliphatic carbocycles. The lowest BCUT2D eigenvalue weighted by atomic mass is 10.0. The van der Waals surface area contributed by atoms with Crippen LogP contribution in [-0.4, -0.2) is 8.42 Å². The van der Waals surface area contributed by atoms with Gasteiger partial charge < -0.3 is 0 Å². The monoisotopic (exact) mass is 337 g/mol. The average Bonchev–Trinajstić information content (AvgIpc) is 3.45. The smallest absolute Gasteiger partial charge is 0.207 e. The normalized spacial score (nSPS) is 16.2. The van der Waals surface area contributed by atoms with Crippen LogP contribution in [0.1, 0.15) is 24.4 Å². The number of nitrogens with one attached hydrogen (secondary N) is 1. The molecule has 4 rings (SSSR count). The van der Waals surface area contributed by atoms with Crippen molar-refractivity contribution in [3.63, 3.8) is 0 Å². The van der Waals surface area contributed by atoms with E-state index in [0.717, 1.165) is 29.2 Å². The minimum Gasteiger partial charge on any atom is -0.207 e. The molecule has 3 nitrogen and oxygen atoms in total. The van der Waals surface area contributed by atoms with Crippen molar-refractivity contribution in [2.75, 3.05) is 0 Å². The number of hydrogen-bond acceptors (Lipinski definition) is 2. The predicted molar refractivity (Wildman–Crippen MR) is 96.2 cm³/mol. The Bertz CT molecular complexity index is 963. The Labute approximate surface area is 142 Å². The maximum Gasteiger partial charge on any atom is 0.241 e. The van der Waals surface area contributed by atoms with E-state index in [2.05, 4.69) is 4.72 Å². The van der Waals surface area contributed by atoms with Crippen LogP contribution in [0.15, 0.2) is 77.7 Å². The summed E-state index contributed by atoms with van der Waals surface area (Å²) in [6.45, 7) is 0. The molecule has 0 saturated heterocycles. The van der Waals surface area contributed by atoms with Crippen molar-refractivity contribution >= 4 is 20.8 Å². The maximum atomic E-state index is 12.9. The van der Waals surface area contributed by atoms with Gasteiger partial charge in [-0.2, -0.15) is 0 Å². The minimum absolute atomic E-state index is 0.150. The van der Waals surface area contributed by atoms with Gasteiger partial charge >= 0.3 is 0 Å². The molecule has 3 aromatic rings. The third-order valence-corrected chi connectivity index (χ3v) is 6.00. The van der Waals surface area contributed by atoms with Crippen LogP contribution in [-0.2, 0) is 10.0 Å². The first-order valence-electron chi connectivity index (χ1n) is 8.19. The van der Waals surface area contributed by atoms with Gasteiger partial charge in [0.25, 0.3) is 0 Å². The maximum absolute atomic E-state index is 12.9. The first-order valence-corrected chi connectivity index (χ1v) is 9.68. The fraction of sp³-hybridized carbons (Fsp3) is 0.200. The van der Waals surface area contributed by atoms with Crippen LogP contribution < -0.4 is 4.72 Å². The van der Waals surface area contributed by atoms with Crippen LogP contribution in [0.25, 0.3) is 10.8 Å². The molecule has 1 atom stereocenters. The number of fused-ring (bicyclic) bond motifs is 1. The molecule has 0 spiro atoms. The van der Waals surface area contributed by atoms with Crippen molar-refractivity contribution in [3.05, 3.63) is 78.4 Å². The third kappa shape index (κ3) is 3.07. The van der Waals surface area contributed by atoms with Crippen LogP contribution in [0.3, 0.4) is 0 Å². The molecule has 122 valence electrons. The summed E-state index contributed by atoms with van der Waals surface area (Å²) >= 11 is 0. The molecule has 3 aromatic carbocycles. The highest BCUT2D eigenvalue weighted by Gasteiger charge is 2.35. The van der Waals surface area contributed by atoms with E-state index in [0.29, 0.717) is 10.8 Å². The molecule has 1 aliphatic rings. The molecule has 1 fully saturated rings. The Morgan fingerprint density at radius 3 is 2.21 bits per heavy atom. The summed E-state index contributed by atoms with van der Waals surface area (Å²) in [5.74, 6) is 0.391. The van der Waals surface area contributed by atoms with Crippen molar-refractivity contribution in [1.82, 2.24) is 4.72 Å². The van der Waals surface area contributed by atoms with Crippen LogP contribution in [0.4, 0.5) is 0 Å². The predicted octanol–water partition coefficient (Wildman–Crippen LogP) is 4.27. The quantitative estimate of drug-likeness (QED) is 0.756. The third-order valence-electron chi connectivity index (χ3n) is 4.57. The van der Waals surface area contributed by atoms with Crippen LogP contribution in [0, 0.1) is 5.92 Å². The SMILES string of the molecule is O=S(=O)(NC(c1ccccc1)C1CC1)c1ccc2ccccc2c1. The molecular formula is C20H19NO2S. The van der Waals surface area contributed by atoms with Gasteiger partial charge in [-0.25, -0.2) is 13.1 Å². The number of benzene rings is 3. The van der Waals surface area contributed by atoms with Gasteiger partial charge in [-0.3, -0.25) is 0 Å². The lowest BCUT2D eigenvalue weighted by Gasteiger charge is -2.19. The zero-order chi connectivity index (χ0) is 16.6. The van der Waals surface area contributed by atoms with Crippen molar-refractivity contribution < 1.29 is 8.42 Å². The van der Waals surface area contributed by atoms with E-state index in [9.17, 15) is 8.42 Å². The Morgan fingerprint density at radius 2 is 1.50 bits per heavy atom.